The van der Waals surface area contributed by atoms with E-state index in [0.29, 0.717) is 18.0 Å². The first-order valence-corrected chi connectivity index (χ1v) is 14.4. The SMILES string of the molecule is CCCCCCCCOc1cc(-c2ncccn2)ccc1OCCCOCC(F)(F)OC(F)(F)C(F)(F)OC(F)(F)C(F)(F)OC(F)(F)F. The van der Waals surface area contributed by atoms with E-state index in [1.165, 1.54) is 18.5 Å². The lowest BCUT2D eigenvalue weighted by Crippen LogP contribution is -2.57. The molecule has 49 heavy (non-hydrogen) atoms. The Morgan fingerprint density at radius 2 is 1.10 bits per heavy atom. The molecule has 0 atom stereocenters. The van der Waals surface area contributed by atoms with Crippen LogP contribution in [-0.2, 0) is 18.9 Å². The quantitative estimate of drug-likeness (QED) is 0.0825. The smallest absolute Gasteiger partial charge is 0.490 e. The molecule has 0 unspecified atom stereocenters. The lowest BCUT2D eigenvalue weighted by molar-refractivity contribution is -0.564. The highest BCUT2D eigenvalue weighted by molar-refractivity contribution is 5.60. The van der Waals surface area contributed by atoms with Gasteiger partial charge in [-0.2, -0.15) is 43.9 Å². The van der Waals surface area contributed by atoms with Crippen LogP contribution in [0.2, 0.25) is 0 Å². The molecular weight excluding hydrogens is 707 g/mol. The van der Waals surface area contributed by atoms with Crippen LogP contribution in [0, 0.1) is 0 Å². The molecule has 280 valence electrons. The van der Waals surface area contributed by atoms with Crippen LogP contribution in [0.4, 0.5) is 57.1 Å². The largest absolute Gasteiger partial charge is 0.527 e. The summed E-state index contributed by atoms with van der Waals surface area (Å²) in [5.41, 5.74) is 0.580. The number of halogens is 13. The van der Waals surface area contributed by atoms with Crippen molar-refractivity contribution in [1.82, 2.24) is 9.97 Å². The average Bonchev–Trinajstić information content (AvgIpc) is 2.97. The predicted octanol–water partition coefficient (Wildman–Crippen LogP) is 9.20. The van der Waals surface area contributed by atoms with Gasteiger partial charge in [0.05, 0.1) is 19.8 Å². The number of rotatable bonds is 23. The molecule has 21 heteroatoms. The van der Waals surface area contributed by atoms with E-state index in [-0.39, 0.29) is 24.5 Å². The highest BCUT2D eigenvalue weighted by atomic mass is 19.4. The van der Waals surface area contributed by atoms with Crippen molar-refractivity contribution >= 4 is 0 Å². The zero-order chi connectivity index (χ0) is 37.0. The Kier molecular flexibility index (Phi) is 15.1. The molecule has 0 bridgehead atoms. The summed E-state index contributed by atoms with van der Waals surface area (Å²) in [4.78, 5) is 8.30. The summed E-state index contributed by atoms with van der Waals surface area (Å²) in [5, 5.41) is 0. The summed E-state index contributed by atoms with van der Waals surface area (Å²) in [6, 6.07) is 6.35. The van der Waals surface area contributed by atoms with Gasteiger partial charge in [0.2, 0.25) is 0 Å². The molecule has 0 amide bonds. The van der Waals surface area contributed by atoms with Crippen LogP contribution in [0.5, 0.6) is 11.5 Å². The second-order valence-corrected chi connectivity index (χ2v) is 10.1. The van der Waals surface area contributed by atoms with E-state index in [2.05, 4.69) is 26.4 Å². The van der Waals surface area contributed by atoms with Crippen LogP contribution in [0.15, 0.2) is 36.7 Å². The Morgan fingerprint density at radius 3 is 1.71 bits per heavy atom. The first-order chi connectivity index (χ1) is 22.6. The molecule has 2 aromatic rings. The monoisotopic (exact) mass is 738 g/mol. The zero-order valence-corrected chi connectivity index (χ0v) is 25.5. The molecule has 0 saturated heterocycles. The standard InChI is InChI=1S/C28H31F13N2O6/c1-2-3-4-5-6-7-15-46-21-17-19(22-42-12-8-13-43-22)10-11-20(21)45-16-9-14-44-18-23(29,30)47-24(31,32)25(33,34)48-26(35,36)27(37,38)49-28(39,40)41/h8,10-13,17H,2-7,9,14-16,18H2,1H3. The van der Waals surface area contributed by atoms with E-state index in [1.54, 1.807) is 22.9 Å². The summed E-state index contributed by atoms with van der Waals surface area (Å²) < 4.78 is 191. The third kappa shape index (κ3) is 13.9. The highest BCUT2D eigenvalue weighted by Crippen LogP contribution is 2.48. The minimum absolute atomic E-state index is 0.212. The maximum Gasteiger partial charge on any atom is 0.527 e. The molecule has 0 N–H and O–H groups in total. The third-order valence-corrected chi connectivity index (χ3v) is 5.94. The number of nitrogens with zero attached hydrogens (tertiary/aromatic N) is 2. The van der Waals surface area contributed by atoms with Gasteiger partial charge >= 0.3 is 36.9 Å². The molecule has 0 radical (unpaired) electrons. The molecule has 0 aliphatic rings. The van der Waals surface area contributed by atoms with Crippen molar-refractivity contribution in [2.45, 2.75) is 88.8 Å². The number of unbranched alkanes of at least 4 members (excludes halogenated alkanes) is 5. The van der Waals surface area contributed by atoms with E-state index >= 15 is 0 Å². The van der Waals surface area contributed by atoms with Gasteiger partial charge in [-0.3, -0.25) is 0 Å². The molecule has 0 aliphatic heterocycles. The Labute approximate surface area is 270 Å². The molecule has 0 saturated carbocycles. The van der Waals surface area contributed by atoms with Gasteiger partial charge in [0.15, 0.2) is 17.3 Å². The van der Waals surface area contributed by atoms with E-state index in [0.717, 1.165) is 38.5 Å². The summed E-state index contributed by atoms with van der Waals surface area (Å²) in [5.74, 6) is 0.884. The van der Waals surface area contributed by atoms with Gasteiger partial charge in [-0.25, -0.2) is 24.2 Å². The van der Waals surface area contributed by atoms with Crippen LogP contribution >= 0.6 is 0 Å². The van der Waals surface area contributed by atoms with E-state index < -0.39 is 50.1 Å². The lowest BCUT2D eigenvalue weighted by Gasteiger charge is -2.33. The minimum atomic E-state index is -7.11. The van der Waals surface area contributed by atoms with Crippen molar-refractivity contribution in [2.75, 3.05) is 26.4 Å². The molecule has 2 rings (SSSR count). The summed E-state index contributed by atoms with van der Waals surface area (Å²) in [6.07, 6.45) is -31.1. The summed E-state index contributed by atoms with van der Waals surface area (Å²) in [6.45, 7) is -0.714. The van der Waals surface area contributed by atoms with Gasteiger partial charge in [0, 0.05) is 24.4 Å². The number of aromatic nitrogens is 2. The predicted molar refractivity (Wildman–Crippen MR) is 141 cm³/mol. The fourth-order valence-electron chi connectivity index (χ4n) is 3.69. The average molecular weight is 739 g/mol. The van der Waals surface area contributed by atoms with Gasteiger partial charge in [0.25, 0.3) is 0 Å². The van der Waals surface area contributed by atoms with Gasteiger partial charge in [-0.1, -0.05) is 39.0 Å². The van der Waals surface area contributed by atoms with E-state index in [1.807, 2.05) is 4.74 Å². The van der Waals surface area contributed by atoms with Gasteiger partial charge in [-0.05, 0) is 30.7 Å². The van der Waals surface area contributed by atoms with Crippen LogP contribution in [-0.4, -0.2) is 73.3 Å². The molecule has 0 aliphatic carbocycles. The molecule has 8 nitrogen and oxygen atoms in total. The first-order valence-electron chi connectivity index (χ1n) is 14.4. The molecule has 1 aromatic carbocycles. The van der Waals surface area contributed by atoms with Crippen molar-refractivity contribution in [3.8, 4) is 22.9 Å². The van der Waals surface area contributed by atoms with Crippen molar-refractivity contribution in [1.29, 1.82) is 0 Å². The summed E-state index contributed by atoms with van der Waals surface area (Å²) >= 11 is 0. The molecular formula is C28H31F13N2O6. The fourth-order valence-corrected chi connectivity index (χ4v) is 3.69. The fraction of sp³-hybridized carbons (Fsp3) is 0.643. The number of benzene rings is 1. The Hall–Kier alpha value is -3.17. The second-order valence-electron chi connectivity index (χ2n) is 10.1. The summed E-state index contributed by atoms with van der Waals surface area (Å²) in [7, 11) is 0. The van der Waals surface area contributed by atoms with E-state index in [9.17, 15) is 57.1 Å². The van der Waals surface area contributed by atoms with E-state index in [4.69, 9.17) is 9.47 Å². The maximum absolute atomic E-state index is 13.8. The van der Waals surface area contributed by atoms with Gasteiger partial charge in [0.1, 0.15) is 6.61 Å². The van der Waals surface area contributed by atoms with Crippen LogP contribution in [0.25, 0.3) is 11.4 Å². The maximum atomic E-state index is 13.8. The third-order valence-electron chi connectivity index (χ3n) is 5.94. The molecule has 1 heterocycles. The van der Waals surface area contributed by atoms with Crippen molar-refractivity contribution in [3.05, 3.63) is 36.7 Å². The highest BCUT2D eigenvalue weighted by Gasteiger charge is 2.74. The van der Waals surface area contributed by atoms with Crippen molar-refractivity contribution in [3.63, 3.8) is 0 Å². The normalized spacial score (nSPS) is 13.5. The number of ether oxygens (including phenoxy) is 6. The number of hydrogen-bond donors (Lipinski definition) is 0. The minimum Gasteiger partial charge on any atom is -0.490 e. The second kappa shape index (κ2) is 17.7. The van der Waals surface area contributed by atoms with Crippen molar-refractivity contribution in [2.24, 2.45) is 0 Å². The van der Waals surface area contributed by atoms with Gasteiger partial charge < -0.3 is 14.2 Å². The van der Waals surface area contributed by atoms with Gasteiger partial charge in [-0.15, -0.1) is 13.2 Å². The number of alkyl halides is 13. The Bertz CT molecular complexity index is 1270. The van der Waals surface area contributed by atoms with Crippen molar-refractivity contribution < 1.29 is 85.5 Å². The molecule has 0 fully saturated rings. The number of hydrogen-bond acceptors (Lipinski definition) is 8. The van der Waals surface area contributed by atoms with Crippen LogP contribution in [0.1, 0.15) is 51.9 Å². The molecule has 1 aromatic heterocycles. The lowest BCUT2D eigenvalue weighted by atomic mass is 10.1. The molecule has 0 spiro atoms. The topological polar surface area (TPSA) is 81.2 Å². The van der Waals surface area contributed by atoms with Crippen LogP contribution < -0.4 is 9.47 Å². The Balaban J connectivity index is 1.92. The van der Waals surface area contributed by atoms with Crippen LogP contribution in [0.3, 0.4) is 0 Å². The first kappa shape index (κ1) is 42.0. The Morgan fingerprint density at radius 1 is 0.571 bits per heavy atom. The zero-order valence-electron chi connectivity index (χ0n) is 25.5.